The van der Waals surface area contributed by atoms with Gasteiger partial charge in [0.2, 0.25) is 5.91 Å². The molecule has 1 fully saturated rings. The number of rotatable bonds is 7. The molecule has 0 saturated heterocycles. The predicted octanol–water partition coefficient (Wildman–Crippen LogP) is 0.947. The first kappa shape index (κ1) is 21.9. The van der Waals surface area contributed by atoms with Gasteiger partial charge >= 0.3 is 0 Å². The van der Waals surface area contributed by atoms with Gasteiger partial charge in [0.1, 0.15) is 15.9 Å². The zero-order valence-corrected chi connectivity index (χ0v) is 16.8. The predicted molar refractivity (Wildman–Crippen MR) is 105 cm³/mol. The first-order valence-corrected chi connectivity index (χ1v) is 11.5. The van der Waals surface area contributed by atoms with Crippen LogP contribution in [0.2, 0.25) is 0 Å². The Balaban J connectivity index is 1.97. The first-order valence-electron chi connectivity index (χ1n) is 9.39. The van der Waals surface area contributed by atoms with Crippen LogP contribution in [0.3, 0.4) is 0 Å². The topological polar surface area (TPSA) is 121 Å². The largest absolute Gasteiger partial charge is 0.340 e. The van der Waals surface area contributed by atoms with Crippen LogP contribution in [-0.4, -0.2) is 44.2 Å². The number of carbonyl (C=O) groups excluding carboxylic acids is 3. The molecule has 1 aromatic carbocycles. The zero-order chi connectivity index (χ0) is 20.6. The van der Waals surface area contributed by atoms with Crippen molar-refractivity contribution >= 4 is 27.6 Å². The molecule has 9 heteroatoms. The lowest BCUT2D eigenvalue weighted by molar-refractivity contribution is -0.132. The second kappa shape index (κ2) is 10.2. The number of amides is 3. The summed E-state index contributed by atoms with van der Waals surface area (Å²) in [5.74, 6) is -1.81. The highest BCUT2D eigenvalue weighted by atomic mass is 32.2. The molecule has 28 heavy (non-hydrogen) atoms. The lowest BCUT2D eigenvalue weighted by atomic mass is 9.89. The van der Waals surface area contributed by atoms with Crippen LogP contribution >= 0.6 is 0 Å². The van der Waals surface area contributed by atoms with Gasteiger partial charge in [0, 0.05) is 17.7 Å². The van der Waals surface area contributed by atoms with Crippen molar-refractivity contribution in [3.8, 4) is 0 Å². The van der Waals surface area contributed by atoms with Crippen molar-refractivity contribution in [2.45, 2.75) is 44.6 Å². The van der Waals surface area contributed by atoms with Crippen molar-refractivity contribution < 1.29 is 22.8 Å². The zero-order valence-electron chi connectivity index (χ0n) is 15.9. The average Bonchev–Trinajstić information content (AvgIpc) is 2.69. The maximum absolute atomic E-state index is 12.5. The fourth-order valence-electron chi connectivity index (χ4n) is 3.11. The van der Waals surface area contributed by atoms with Gasteiger partial charge in [0.05, 0.1) is 5.75 Å². The minimum atomic E-state index is -3.32. The molecule has 3 amide bonds. The van der Waals surface area contributed by atoms with Crippen molar-refractivity contribution in [3.05, 3.63) is 35.9 Å². The maximum atomic E-state index is 12.5. The number of hydrogen-bond acceptors (Lipinski definition) is 5. The van der Waals surface area contributed by atoms with Crippen molar-refractivity contribution in [3.63, 3.8) is 0 Å². The van der Waals surface area contributed by atoms with Gasteiger partial charge in [-0.1, -0.05) is 37.5 Å². The number of sulfone groups is 1. The summed E-state index contributed by atoms with van der Waals surface area (Å²) in [6.45, 7) is 0. The summed E-state index contributed by atoms with van der Waals surface area (Å²) in [6, 6.07) is 7.22. The van der Waals surface area contributed by atoms with Crippen LogP contribution in [0.4, 0.5) is 0 Å². The summed E-state index contributed by atoms with van der Waals surface area (Å²) in [7, 11) is -3.32. The standard InChI is InChI=1S/C19H27N3O5S/c1-28(26,27)13-12-16(20-17(23)14-8-4-2-5-9-14)19(25)22-21-18(24)15-10-6-3-7-11-15/h2,4-5,8-9,15-16H,3,6-7,10-13H2,1H3,(H,20,23)(H,21,24)(H,22,25)/t16-/m1/s1. The molecule has 0 radical (unpaired) electrons. The van der Waals surface area contributed by atoms with Gasteiger partial charge in [-0.25, -0.2) is 8.42 Å². The van der Waals surface area contributed by atoms with Crippen molar-refractivity contribution in [2.24, 2.45) is 5.92 Å². The van der Waals surface area contributed by atoms with Crippen molar-refractivity contribution in [1.82, 2.24) is 16.2 Å². The van der Waals surface area contributed by atoms with E-state index in [0.29, 0.717) is 5.56 Å². The Labute approximate surface area is 165 Å². The van der Waals surface area contributed by atoms with Crippen LogP contribution < -0.4 is 16.2 Å². The van der Waals surface area contributed by atoms with E-state index in [4.69, 9.17) is 0 Å². The molecule has 1 atom stereocenters. The van der Waals surface area contributed by atoms with Gasteiger partial charge in [0.15, 0.2) is 0 Å². The summed E-state index contributed by atoms with van der Waals surface area (Å²) >= 11 is 0. The van der Waals surface area contributed by atoms with E-state index in [2.05, 4.69) is 16.2 Å². The highest BCUT2D eigenvalue weighted by Crippen LogP contribution is 2.23. The number of carbonyl (C=O) groups is 3. The Bertz CT molecular complexity index is 789. The summed E-state index contributed by atoms with van der Waals surface area (Å²) < 4.78 is 22.9. The minimum absolute atomic E-state index is 0.0947. The summed E-state index contributed by atoms with van der Waals surface area (Å²) in [6.07, 6.45) is 5.60. The Kier molecular flexibility index (Phi) is 7.98. The third kappa shape index (κ3) is 7.30. The smallest absolute Gasteiger partial charge is 0.260 e. The summed E-state index contributed by atoms with van der Waals surface area (Å²) in [4.78, 5) is 37.0. The molecule has 0 spiro atoms. The number of hydrogen-bond donors (Lipinski definition) is 3. The highest BCUT2D eigenvalue weighted by molar-refractivity contribution is 7.90. The maximum Gasteiger partial charge on any atom is 0.260 e. The Hall–Kier alpha value is -2.42. The number of nitrogens with one attached hydrogen (secondary N) is 3. The molecule has 0 bridgehead atoms. The number of hydrazine groups is 1. The second-order valence-electron chi connectivity index (χ2n) is 7.12. The molecular weight excluding hydrogens is 382 g/mol. The van der Waals surface area contributed by atoms with Gasteiger partial charge in [-0.05, 0) is 31.4 Å². The van der Waals surface area contributed by atoms with Crippen LogP contribution in [0.15, 0.2) is 30.3 Å². The third-order valence-corrected chi connectivity index (χ3v) is 5.70. The van der Waals surface area contributed by atoms with E-state index in [1.807, 2.05) is 0 Å². The minimum Gasteiger partial charge on any atom is -0.340 e. The van der Waals surface area contributed by atoms with Crippen LogP contribution in [0.5, 0.6) is 0 Å². The molecule has 1 aliphatic rings. The molecule has 0 aromatic heterocycles. The molecule has 2 rings (SSSR count). The van der Waals surface area contributed by atoms with Crippen LogP contribution in [-0.2, 0) is 19.4 Å². The van der Waals surface area contributed by atoms with Gasteiger partial charge in [-0.15, -0.1) is 0 Å². The van der Waals surface area contributed by atoms with Gasteiger partial charge < -0.3 is 5.32 Å². The molecule has 154 valence electrons. The number of benzene rings is 1. The molecule has 3 N–H and O–H groups in total. The summed E-state index contributed by atoms with van der Waals surface area (Å²) in [5, 5.41) is 2.54. The molecule has 0 heterocycles. The Morgan fingerprint density at radius 2 is 1.68 bits per heavy atom. The van der Waals surface area contributed by atoms with E-state index in [9.17, 15) is 22.8 Å². The molecule has 1 aromatic rings. The SMILES string of the molecule is CS(=O)(=O)CC[C@@H](NC(=O)c1ccccc1)C(=O)NNC(=O)C1CCCCC1. The molecule has 0 unspecified atom stereocenters. The van der Waals surface area contributed by atoms with Crippen LogP contribution in [0, 0.1) is 5.92 Å². The first-order chi connectivity index (χ1) is 13.3. The van der Waals surface area contributed by atoms with Gasteiger partial charge in [-0.2, -0.15) is 0 Å². The quantitative estimate of drug-likeness (QED) is 0.579. The van der Waals surface area contributed by atoms with E-state index in [0.717, 1.165) is 38.4 Å². The highest BCUT2D eigenvalue weighted by Gasteiger charge is 2.25. The van der Waals surface area contributed by atoms with E-state index in [-0.39, 0.29) is 24.0 Å². The molecule has 1 aliphatic carbocycles. The van der Waals surface area contributed by atoms with Gasteiger partial charge in [0.25, 0.3) is 11.8 Å². The monoisotopic (exact) mass is 409 g/mol. The fraction of sp³-hybridized carbons (Fsp3) is 0.526. The van der Waals surface area contributed by atoms with E-state index in [1.54, 1.807) is 30.3 Å². The average molecular weight is 410 g/mol. The molecule has 8 nitrogen and oxygen atoms in total. The molecule has 1 saturated carbocycles. The van der Waals surface area contributed by atoms with E-state index >= 15 is 0 Å². The Morgan fingerprint density at radius 1 is 1.04 bits per heavy atom. The van der Waals surface area contributed by atoms with Crippen molar-refractivity contribution in [1.29, 1.82) is 0 Å². The van der Waals surface area contributed by atoms with Crippen molar-refractivity contribution in [2.75, 3.05) is 12.0 Å². The Morgan fingerprint density at radius 3 is 2.29 bits per heavy atom. The third-order valence-electron chi connectivity index (χ3n) is 4.72. The van der Waals surface area contributed by atoms with Gasteiger partial charge in [-0.3, -0.25) is 25.2 Å². The second-order valence-corrected chi connectivity index (χ2v) is 9.38. The van der Waals surface area contributed by atoms with Crippen LogP contribution in [0.25, 0.3) is 0 Å². The molecule has 0 aliphatic heterocycles. The van der Waals surface area contributed by atoms with E-state index < -0.39 is 27.7 Å². The lowest BCUT2D eigenvalue weighted by Gasteiger charge is -2.22. The fourth-order valence-corrected chi connectivity index (χ4v) is 3.77. The lowest BCUT2D eigenvalue weighted by Crippen LogP contribution is -2.53. The normalized spacial score (nSPS) is 16.0. The van der Waals surface area contributed by atoms with E-state index in [1.165, 1.54) is 0 Å². The molecular formula is C19H27N3O5S. The summed E-state index contributed by atoms with van der Waals surface area (Å²) in [5.41, 5.74) is 5.08. The van der Waals surface area contributed by atoms with Crippen LogP contribution in [0.1, 0.15) is 48.9 Å².